The molecule has 30 heavy (non-hydrogen) atoms. The summed E-state index contributed by atoms with van der Waals surface area (Å²) >= 11 is 0. The second-order valence-corrected chi connectivity index (χ2v) is 7.39. The Morgan fingerprint density at radius 3 is 2.43 bits per heavy atom. The SMILES string of the molecule is NC(=O)CNC(=O)NC1CC(c2c(-c3ccc(F)cc3)[nH]c3c(F)cc(F)cc23)C1. The molecule has 2 aromatic carbocycles. The van der Waals surface area contributed by atoms with Crippen molar-refractivity contribution in [3.05, 3.63) is 59.4 Å². The molecule has 0 spiro atoms. The molecule has 1 aromatic heterocycles. The number of H-pyrrole nitrogens is 1. The van der Waals surface area contributed by atoms with E-state index >= 15 is 0 Å². The molecule has 9 heteroatoms. The number of hydrogen-bond acceptors (Lipinski definition) is 2. The lowest BCUT2D eigenvalue weighted by atomic mass is 9.74. The smallest absolute Gasteiger partial charge is 0.315 e. The zero-order valence-electron chi connectivity index (χ0n) is 15.8. The van der Waals surface area contributed by atoms with Crippen molar-refractivity contribution in [3.63, 3.8) is 0 Å². The molecule has 4 rings (SSSR count). The van der Waals surface area contributed by atoms with Gasteiger partial charge in [-0.3, -0.25) is 4.79 Å². The number of urea groups is 1. The number of aromatic amines is 1. The van der Waals surface area contributed by atoms with Gasteiger partial charge in [0.15, 0.2) is 0 Å². The number of primary amides is 1. The summed E-state index contributed by atoms with van der Waals surface area (Å²) in [6.45, 7) is -0.266. The van der Waals surface area contributed by atoms with E-state index in [0.717, 1.165) is 11.6 Å². The second kappa shape index (κ2) is 7.74. The van der Waals surface area contributed by atoms with Crippen LogP contribution in [0.15, 0.2) is 36.4 Å². The zero-order chi connectivity index (χ0) is 21.4. The van der Waals surface area contributed by atoms with Crippen LogP contribution >= 0.6 is 0 Å². The van der Waals surface area contributed by atoms with Crippen molar-refractivity contribution >= 4 is 22.8 Å². The van der Waals surface area contributed by atoms with Gasteiger partial charge in [0.1, 0.15) is 17.5 Å². The lowest BCUT2D eigenvalue weighted by Crippen LogP contribution is -2.49. The summed E-state index contributed by atoms with van der Waals surface area (Å²) in [7, 11) is 0. The fourth-order valence-electron chi connectivity index (χ4n) is 3.88. The van der Waals surface area contributed by atoms with Crippen LogP contribution < -0.4 is 16.4 Å². The Morgan fingerprint density at radius 2 is 1.77 bits per heavy atom. The van der Waals surface area contributed by atoms with Crippen LogP contribution in [0.5, 0.6) is 0 Å². The third-order valence-electron chi connectivity index (χ3n) is 5.30. The van der Waals surface area contributed by atoms with Gasteiger partial charge in [-0.25, -0.2) is 18.0 Å². The zero-order valence-corrected chi connectivity index (χ0v) is 15.8. The Labute approximate surface area is 169 Å². The summed E-state index contributed by atoms with van der Waals surface area (Å²) in [5.41, 5.74) is 7.15. The predicted octanol–water partition coefficient (Wildman–Crippen LogP) is 3.28. The van der Waals surface area contributed by atoms with Crippen LogP contribution in [0, 0.1) is 17.5 Å². The van der Waals surface area contributed by atoms with Gasteiger partial charge >= 0.3 is 6.03 Å². The summed E-state index contributed by atoms with van der Waals surface area (Å²) in [5, 5.41) is 5.51. The van der Waals surface area contributed by atoms with Gasteiger partial charge in [-0.1, -0.05) is 0 Å². The number of hydrogen-bond donors (Lipinski definition) is 4. The number of aromatic nitrogens is 1. The summed E-state index contributed by atoms with van der Waals surface area (Å²) < 4.78 is 41.6. The van der Waals surface area contributed by atoms with Crippen LogP contribution in [0.2, 0.25) is 0 Å². The highest BCUT2D eigenvalue weighted by molar-refractivity contribution is 5.92. The van der Waals surface area contributed by atoms with Crippen molar-refractivity contribution in [1.29, 1.82) is 0 Å². The summed E-state index contributed by atoms with van der Waals surface area (Å²) in [5.74, 6) is -2.52. The molecule has 0 saturated heterocycles. The fourth-order valence-corrected chi connectivity index (χ4v) is 3.88. The third kappa shape index (κ3) is 3.83. The first-order chi connectivity index (χ1) is 14.3. The van der Waals surface area contributed by atoms with E-state index in [-0.39, 0.29) is 24.0 Å². The molecular formula is C21H19F3N4O2. The van der Waals surface area contributed by atoms with Crippen molar-refractivity contribution in [2.24, 2.45) is 5.73 Å². The molecule has 1 aliphatic carbocycles. The molecule has 0 unspecified atom stereocenters. The van der Waals surface area contributed by atoms with E-state index in [2.05, 4.69) is 15.6 Å². The molecule has 3 amide bonds. The van der Waals surface area contributed by atoms with Crippen LogP contribution in [0.1, 0.15) is 24.3 Å². The molecule has 0 bridgehead atoms. The van der Waals surface area contributed by atoms with Gasteiger partial charge in [0.25, 0.3) is 0 Å². The molecule has 0 aliphatic heterocycles. The standard InChI is InChI=1S/C21H19F3N4O2/c22-12-3-1-10(2-4-12)19-18(15-7-13(23)8-16(24)20(15)28-19)11-5-14(6-11)27-21(30)26-9-17(25)29/h1-4,7-8,11,14,28H,5-6,9H2,(H2,25,29)(H2,26,27,30). The minimum Gasteiger partial charge on any atom is -0.368 e. The predicted molar refractivity (Wildman–Crippen MR) is 105 cm³/mol. The summed E-state index contributed by atoms with van der Waals surface area (Å²) in [4.78, 5) is 25.6. The van der Waals surface area contributed by atoms with Crippen molar-refractivity contribution in [1.82, 2.24) is 15.6 Å². The first-order valence-electron chi connectivity index (χ1n) is 9.41. The number of nitrogens with two attached hydrogens (primary N) is 1. The van der Waals surface area contributed by atoms with E-state index in [1.807, 2.05) is 0 Å². The minimum atomic E-state index is -0.709. The molecule has 1 fully saturated rings. The number of carbonyl (C=O) groups excluding carboxylic acids is 2. The highest BCUT2D eigenvalue weighted by atomic mass is 19.1. The third-order valence-corrected chi connectivity index (χ3v) is 5.30. The fraction of sp³-hybridized carbons (Fsp3) is 0.238. The van der Waals surface area contributed by atoms with Crippen molar-refractivity contribution in [2.45, 2.75) is 24.8 Å². The number of fused-ring (bicyclic) bond motifs is 1. The molecule has 1 aliphatic rings. The van der Waals surface area contributed by atoms with Crippen LogP contribution in [0.25, 0.3) is 22.2 Å². The number of carbonyl (C=O) groups is 2. The topological polar surface area (TPSA) is 100 Å². The molecular weight excluding hydrogens is 397 g/mol. The molecule has 5 N–H and O–H groups in total. The number of amides is 3. The van der Waals surface area contributed by atoms with Crippen molar-refractivity contribution < 1.29 is 22.8 Å². The van der Waals surface area contributed by atoms with Crippen LogP contribution in [0.3, 0.4) is 0 Å². The van der Waals surface area contributed by atoms with Crippen LogP contribution in [-0.4, -0.2) is 29.5 Å². The normalized spacial score (nSPS) is 18.1. The summed E-state index contributed by atoms with van der Waals surface area (Å²) in [6, 6.07) is 7.17. The van der Waals surface area contributed by atoms with Gasteiger partial charge in [-0.15, -0.1) is 0 Å². The van der Waals surface area contributed by atoms with Crippen molar-refractivity contribution in [3.8, 4) is 11.3 Å². The van der Waals surface area contributed by atoms with E-state index in [0.29, 0.717) is 29.5 Å². The first-order valence-corrected chi connectivity index (χ1v) is 9.41. The van der Waals surface area contributed by atoms with Gasteiger partial charge in [0.05, 0.1) is 17.8 Å². The molecule has 1 heterocycles. The lowest BCUT2D eigenvalue weighted by Gasteiger charge is -2.36. The Bertz CT molecular complexity index is 1120. The van der Waals surface area contributed by atoms with Gasteiger partial charge in [0.2, 0.25) is 5.91 Å². The Morgan fingerprint density at radius 1 is 1.07 bits per heavy atom. The van der Waals surface area contributed by atoms with E-state index in [1.165, 1.54) is 18.2 Å². The Balaban J connectivity index is 1.62. The van der Waals surface area contributed by atoms with Gasteiger partial charge < -0.3 is 21.4 Å². The highest BCUT2D eigenvalue weighted by Crippen LogP contribution is 2.45. The molecule has 0 radical (unpaired) electrons. The monoisotopic (exact) mass is 416 g/mol. The molecule has 0 atom stereocenters. The largest absolute Gasteiger partial charge is 0.368 e. The molecule has 6 nitrogen and oxygen atoms in total. The first kappa shape index (κ1) is 19.8. The van der Waals surface area contributed by atoms with Gasteiger partial charge in [-0.2, -0.15) is 0 Å². The Hall–Kier alpha value is -3.49. The number of rotatable bonds is 5. The molecule has 156 valence electrons. The Kier molecular flexibility index (Phi) is 5.11. The average molecular weight is 416 g/mol. The average Bonchev–Trinajstić information content (AvgIpc) is 3.02. The van der Waals surface area contributed by atoms with Crippen molar-refractivity contribution in [2.75, 3.05) is 6.54 Å². The number of benzene rings is 2. The van der Waals surface area contributed by atoms with Gasteiger partial charge in [0, 0.05) is 17.5 Å². The number of halogens is 3. The summed E-state index contributed by atoms with van der Waals surface area (Å²) in [6.07, 6.45) is 1.09. The minimum absolute atomic E-state index is 0.0681. The van der Waals surface area contributed by atoms with Crippen LogP contribution in [-0.2, 0) is 4.79 Å². The van der Waals surface area contributed by atoms with E-state index < -0.39 is 29.4 Å². The second-order valence-electron chi connectivity index (χ2n) is 7.39. The molecule has 3 aromatic rings. The number of nitrogens with one attached hydrogen (secondary N) is 3. The quantitative estimate of drug-likeness (QED) is 0.513. The maximum absolute atomic E-state index is 14.4. The lowest BCUT2D eigenvalue weighted by molar-refractivity contribution is -0.117. The van der Waals surface area contributed by atoms with E-state index in [9.17, 15) is 22.8 Å². The van der Waals surface area contributed by atoms with E-state index in [1.54, 1.807) is 12.1 Å². The maximum Gasteiger partial charge on any atom is 0.315 e. The molecule has 1 saturated carbocycles. The maximum atomic E-state index is 14.4. The highest BCUT2D eigenvalue weighted by Gasteiger charge is 2.35. The van der Waals surface area contributed by atoms with E-state index in [4.69, 9.17) is 5.73 Å². The van der Waals surface area contributed by atoms with Crippen LogP contribution in [0.4, 0.5) is 18.0 Å². The van der Waals surface area contributed by atoms with Gasteiger partial charge in [-0.05, 0) is 60.2 Å².